The molecule has 0 radical (unpaired) electrons. The van der Waals surface area contributed by atoms with Gasteiger partial charge in [-0.25, -0.2) is 0 Å². The van der Waals surface area contributed by atoms with Crippen LogP contribution in [0.2, 0.25) is 0 Å². The smallest absolute Gasteiger partial charge is 0.258 e. The molecule has 1 aliphatic rings. The van der Waals surface area contributed by atoms with Crippen molar-refractivity contribution in [2.75, 3.05) is 24.3 Å². The average molecular weight is 296 g/mol. The third-order valence-electron chi connectivity index (χ3n) is 4.11. The molecule has 1 unspecified atom stereocenters. The zero-order valence-corrected chi connectivity index (χ0v) is 12.7. The van der Waals surface area contributed by atoms with Crippen LogP contribution >= 0.6 is 0 Å². The van der Waals surface area contributed by atoms with E-state index in [0.717, 1.165) is 24.1 Å². The van der Waals surface area contributed by atoms with Crippen LogP contribution in [-0.4, -0.2) is 19.6 Å². The molecule has 0 bridgehead atoms. The molecule has 0 fully saturated rings. The van der Waals surface area contributed by atoms with E-state index in [1.54, 1.807) is 31.4 Å². The first-order valence-electron chi connectivity index (χ1n) is 7.50. The maximum atomic E-state index is 12.9. The fourth-order valence-electron chi connectivity index (χ4n) is 2.95. The van der Waals surface area contributed by atoms with E-state index in [4.69, 9.17) is 10.5 Å². The minimum atomic E-state index is 0.00389. The number of nitrogen functional groups attached to an aromatic ring is 1. The third-order valence-corrected chi connectivity index (χ3v) is 4.11. The van der Waals surface area contributed by atoms with Gasteiger partial charge in [-0.1, -0.05) is 18.2 Å². The zero-order valence-electron chi connectivity index (χ0n) is 12.7. The first kappa shape index (κ1) is 14.6. The van der Waals surface area contributed by atoms with Crippen molar-refractivity contribution in [1.29, 1.82) is 0 Å². The lowest BCUT2D eigenvalue weighted by molar-refractivity contribution is 0.0960. The molecule has 3 rings (SSSR count). The molecule has 1 atom stereocenters. The molecule has 4 nitrogen and oxygen atoms in total. The van der Waals surface area contributed by atoms with E-state index in [1.807, 2.05) is 29.2 Å². The number of para-hydroxylation sites is 1. The Balaban J connectivity index is 1.99. The second-order valence-corrected chi connectivity index (χ2v) is 5.50. The van der Waals surface area contributed by atoms with Gasteiger partial charge in [0.25, 0.3) is 5.91 Å². The number of amides is 1. The highest BCUT2D eigenvalue weighted by molar-refractivity contribution is 6.06. The van der Waals surface area contributed by atoms with E-state index in [0.29, 0.717) is 17.8 Å². The molecule has 1 heterocycles. The summed E-state index contributed by atoms with van der Waals surface area (Å²) in [7, 11) is 1.72. The molecule has 1 aliphatic heterocycles. The molecule has 0 saturated carbocycles. The summed E-state index contributed by atoms with van der Waals surface area (Å²) in [6.07, 6.45) is 1.87. The summed E-state index contributed by atoms with van der Waals surface area (Å²) in [6.45, 7) is 0.695. The van der Waals surface area contributed by atoms with Crippen LogP contribution < -0.4 is 10.6 Å². The standard InChI is InChI=1S/C18H20N2O2/c1-22-17-7-4-12-20(16-6-3-2-5-15(16)17)18(21)13-8-10-14(19)11-9-13/h2-3,5-6,8-11,17H,4,7,12,19H2,1H3. The summed E-state index contributed by atoms with van der Waals surface area (Å²) >= 11 is 0. The van der Waals surface area contributed by atoms with E-state index in [9.17, 15) is 4.79 Å². The van der Waals surface area contributed by atoms with E-state index in [-0.39, 0.29) is 12.0 Å². The van der Waals surface area contributed by atoms with Crippen molar-refractivity contribution in [3.05, 3.63) is 59.7 Å². The van der Waals surface area contributed by atoms with Crippen molar-refractivity contribution in [2.45, 2.75) is 18.9 Å². The minimum absolute atomic E-state index is 0.00389. The van der Waals surface area contributed by atoms with Gasteiger partial charge in [-0.05, 0) is 43.2 Å². The Labute approximate surface area is 130 Å². The largest absolute Gasteiger partial charge is 0.399 e. The first-order valence-corrected chi connectivity index (χ1v) is 7.50. The number of hydrogen-bond acceptors (Lipinski definition) is 3. The van der Waals surface area contributed by atoms with Crippen LogP contribution in [-0.2, 0) is 4.74 Å². The van der Waals surface area contributed by atoms with Gasteiger partial charge in [0.05, 0.1) is 6.10 Å². The van der Waals surface area contributed by atoms with Crippen LogP contribution in [0.3, 0.4) is 0 Å². The van der Waals surface area contributed by atoms with Gasteiger partial charge in [0, 0.05) is 36.2 Å². The second kappa shape index (κ2) is 6.20. The fourth-order valence-corrected chi connectivity index (χ4v) is 2.95. The first-order chi connectivity index (χ1) is 10.7. The van der Waals surface area contributed by atoms with Crippen molar-refractivity contribution < 1.29 is 9.53 Å². The Morgan fingerprint density at radius 3 is 2.64 bits per heavy atom. The molecule has 2 aromatic rings. The Morgan fingerprint density at radius 2 is 1.91 bits per heavy atom. The summed E-state index contributed by atoms with van der Waals surface area (Å²) in [5.41, 5.74) is 9.03. The highest BCUT2D eigenvalue weighted by Gasteiger charge is 2.26. The van der Waals surface area contributed by atoms with Crippen LogP contribution in [0, 0.1) is 0 Å². The number of carbonyl (C=O) groups is 1. The van der Waals surface area contributed by atoms with E-state index in [1.165, 1.54) is 0 Å². The van der Waals surface area contributed by atoms with Crippen molar-refractivity contribution in [2.24, 2.45) is 0 Å². The number of carbonyl (C=O) groups excluding carboxylic acids is 1. The molecule has 0 spiro atoms. The maximum Gasteiger partial charge on any atom is 0.258 e. The van der Waals surface area contributed by atoms with Crippen LogP contribution in [0.4, 0.5) is 11.4 Å². The molecule has 4 heteroatoms. The van der Waals surface area contributed by atoms with Gasteiger partial charge in [-0.15, -0.1) is 0 Å². The molecule has 2 aromatic carbocycles. The molecular formula is C18H20N2O2. The summed E-state index contributed by atoms with van der Waals surface area (Å²) < 4.78 is 5.59. The van der Waals surface area contributed by atoms with E-state index < -0.39 is 0 Å². The van der Waals surface area contributed by atoms with Gasteiger partial charge < -0.3 is 15.4 Å². The summed E-state index contributed by atoms with van der Waals surface area (Å²) in [6, 6.07) is 15.0. The molecular weight excluding hydrogens is 276 g/mol. The Hall–Kier alpha value is -2.33. The normalized spacial score (nSPS) is 17.7. The van der Waals surface area contributed by atoms with Crippen molar-refractivity contribution in [3.63, 3.8) is 0 Å². The fraction of sp³-hybridized carbons (Fsp3) is 0.278. The van der Waals surface area contributed by atoms with E-state index in [2.05, 4.69) is 0 Å². The highest BCUT2D eigenvalue weighted by Crippen LogP contribution is 2.35. The number of nitrogens with two attached hydrogens (primary N) is 1. The molecule has 0 aliphatic carbocycles. The monoisotopic (exact) mass is 296 g/mol. The van der Waals surface area contributed by atoms with Crippen molar-refractivity contribution in [3.8, 4) is 0 Å². The SMILES string of the molecule is COC1CCCN(C(=O)c2ccc(N)cc2)c2ccccc21. The van der Waals surface area contributed by atoms with Gasteiger partial charge in [0.15, 0.2) is 0 Å². The van der Waals surface area contributed by atoms with Crippen molar-refractivity contribution >= 4 is 17.3 Å². The van der Waals surface area contributed by atoms with Crippen LogP contribution in [0.15, 0.2) is 48.5 Å². The third kappa shape index (κ3) is 2.70. The predicted molar refractivity (Wildman–Crippen MR) is 88.0 cm³/mol. The maximum absolute atomic E-state index is 12.9. The predicted octanol–water partition coefficient (Wildman–Crippen LogP) is 3.40. The lowest BCUT2D eigenvalue weighted by Gasteiger charge is -2.24. The molecule has 0 saturated heterocycles. The van der Waals surface area contributed by atoms with Crippen LogP contribution in [0.5, 0.6) is 0 Å². The molecule has 0 aromatic heterocycles. The molecule has 114 valence electrons. The number of rotatable bonds is 2. The number of anilines is 2. The Morgan fingerprint density at radius 1 is 1.18 bits per heavy atom. The molecule has 1 amide bonds. The van der Waals surface area contributed by atoms with Gasteiger partial charge in [-0.3, -0.25) is 4.79 Å². The van der Waals surface area contributed by atoms with Gasteiger partial charge in [0.2, 0.25) is 0 Å². The Kier molecular flexibility index (Phi) is 4.11. The number of benzene rings is 2. The van der Waals surface area contributed by atoms with Gasteiger partial charge in [-0.2, -0.15) is 0 Å². The summed E-state index contributed by atoms with van der Waals surface area (Å²) in [5.74, 6) is 0.00389. The lowest BCUT2D eigenvalue weighted by atomic mass is 10.0. The molecule has 2 N–H and O–H groups in total. The second-order valence-electron chi connectivity index (χ2n) is 5.50. The Bertz CT molecular complexity index is 667. The quantitative estimate of drug-likeness (QED) is 0.864. The van der Waals surface area contributed by atoms with Crippen LogP contribution in [0.1, 0.15) is 34.9 Å². The number of fused-ring (bicyclic) bond motifs is 1. The van der Waals surface area contributed by atoms with Crippen molar-refractivity contribution in [1.82, 2.24) is 0 Å². The van der Waals surface area contributed by atoms with Gasteiger partial charge in [0.1, 0.15) is 0 Å². The van der Waals surface area contributed by atoms with E-state index >= 15 is 0 Å². The van der Waals surface area contributed by atoms with Crippen LogP contribution in [0.25, 0.3) is 0 Å². The zero-order chi connectivity index (χ0) is 15.5. The summed E-state index contributed by atoms with van der Waals surface area (Å²) in [5, 5.41) is 0. The molecule has 22 heavy (non-hydrogen) atoms. The average Bonchev–Trinajstić information content (AvgIpc) is 2.74. The van der Waals surface area contributed by atoms with Gasteiger partial charge >= 0.3 is 0 Å². The number of methoxy groups -OCH3 is 1. The highest BCUT2D eigenvalue weighted by atomic mass is 16.5. The number of ether oxygens (including phenoxy) is 1. The number of hydrogen-bond donors (Lipinski definition) is 1. The topological polar surface area (TPSA) is 55.6 Å². The lowest BCUT2D eigenvalue weighted by Crippen LogP contribution is -2.31. The number of nitrogens with zero attached hydrogens (tertiary/aromatic N) is 1. The summed E-state index contributed by atoms with van der Waals surface area (Å²) in [4.78, 5) is 14.7. The minimum Gasteiger partial charge on any atom is -0.399 e.